The predicted molar refractivity (Wildman–Crippen MR) is 77.8 cm³/mol. The van der Waals surface area contributed by atoms with Gasteiger partial charge in [0.05, 0.1) is 6.04 Å². The quantitative estimate of drug-likeness (QED) is 0.843. The fraction of sp³-hybridized carbons (Fsp3) is 0.118. The Labute approximate surface area is 118 Å². The molecule has 0 saturated carbocycles. The van der Waals surface area contributed by atoms with Gasteiger partial charge in [0.2, 0.25) is 0 Å². The molecule has 1 aliphatic rings. The van der Waals surface area contributed by atoms with Crippen LogP contribution in [0.25, 0.3) is 6.08 Å². The maximum Gasteiger partial charge on any atom is 0.414 e. The Morgan fingerprint density at radius 1 is 1.00 bits per heavy atom. The van der Waals surface area contributed by atoms with Crippen molar-refractivity contribution in [3.05, 3.63) is 78.0 Å². The maximum atomic E-state index is 11.8. The lowest BCUT2D eigenvalue weighted by molar-refractivity contribution is 0.166. The van der Waals surface area contributed by atoms with Gasteiger partial charge in [-0.2, -0.15) is 0 Å². The molecule has 0 aromatic heterocycles. The fourth-order valence-electron chi connectivity index (χ4n) is 2.26. The predicted octanol–water partition coefficient (Wildman–Crippen LogP) is 3.85. The molecule has 0 unspecified atom stereocenters. The SMILES string of the molecule is O=C1OC[C@H](c2ccccc2)N1/C=C/c1ccccc1. The molecule has 1 fully saturated rings. The standard InChI is InChI=1S/C17H15NO2/c19-17-18(12-11-14-7-3-1-4-8-14)16(13-20-17)15-9-5-2-6-10-15/h1-12,16H,13H2/b12-11+/t16-/m1/s1. The Hall–Kier alpha value is -2.55. The molecule has 2 aromatic rings. The van der Waals surface area contributed by atoms with Crippen LogP contribution in [-0.4, -0.2) is 17.6 Å². The highest BCUT2D eigenvalue weighted by Gasteiger charge is 2.32. The van der Waals surface area contributed by atoms with E-state index in [1.165, 1.54) is 0 Å². The summed E-state index contributed by atoms with van der Waals surface area (Å²) in [6.07, 6.45) is 3.41. The number of hydrogen-bond donors (Lipinski definition) is 0. The number of carbonyl (C=O) groups is 1. The van der Waals surface area contributed by atoms with Gasteiger partial charge in [-0.3, -0.25) is 4.90 Å². The van der Waals surface area contributed by atoms with Gasteiger partial charge in [0.25, 0.3) is 0 Å². The summed E-state index contributed by atoms with van der Waals surface area (Å²) in [6.45, 7) is 0.391. The number of rotatable bonds is 3. The average Bonchev–Trinajstić information content (AvgIpc) is 2.88. The highest BCUT2D eigenvalue weighted by molar-refractivity contribution is 5.73. The topological polar surface area (TPSA) is 29.5 Å². The molecule has 0 spiro atoms. The third kappa shape index (κ3) is 2.57. The molecule has 1 aliphatic heterocycles. The van der Waals surface area contributed by atoms with Gasteiger partial charge in [-0.1, -0.05) is 60.7 Å². The zero-order chi connectivity index (χ0) is 13.8. The molecule has 3 rings (SSSR count). The summed E-state index contributed by atoms with van der Waals surface area (Å²) < 4.78 is 5.16. The van der Waals surface area contributed by atoms with Crippen molar-refractivity contribution in [3.8, 4) is 0 Å². The minimum absolute atomic E-state index is 0.0522. The molecule has 100 valence electrons. The van der Waals surface area contributed by atoms with E-state index in [0.717, 1.165) is 11.1 Å². The second-order valence-corrected chi connectivity index (χ2v) is 4.64. The van der Waals surface area contributed by atoms with Crippen LogP contribution < -0.4 is 0 Å². The Kier molecular flexibility index (Phi) is 3.50. The summed E-state index contributed by atoms with van der Waals surface area (Å²) in [5, 5.41) is 0. The Morgan fingerprint density at radius 3 is 2.35 bits per heavy atom. The highest BCUT2D eigenvalue weighted by Crippen LogP contribution is 2.28. The van der Waals surface area contributed by atoms with Crippen LogP contribution in [0, 0.1) is 0 Å². The Bertz CT molecular complexity index is 607. The van der Waals surface area contributed by atoms with E-state index in [-0.39, 0.29) is 12.1 Å². The van der Waals surface area contributed by atoms with Crippen LogP contribution in [0.2, 0.25) is 0 Å². The number of amides is 1. The number of carbonyl (C=O) groups excluding carboxylic acids is 1. The molecule has 1 heterocycles. The first-order chi connectivity index (χ1) is 9.84. The minimum Gasteiger partial charge on any atom is -0.447 e. The van der Waals surface area contributed by atoms with E-state index < -0.39 is 0 Å². The summed E-state index contributed by atoms with van der Waals surface area (Å²) in [4.78, 5) is 13.5. The Balaban J connectivity index is 1.83. The van der Waals surface area contributed by atoms with Gasteiger partial charge >= 0.3 is 6.09 Å². The van der Waals surface area contributed by atoms with Crippen molar-refractivity contribution >= 4 is 12.2 Å². The highest BCUT2D eigenvalue weighted by atomic mass is 16.6. The molecule has 1 amide bonds. The normalized spacial score (nSPS) is 18.5. The van der Waals surface area contributed by atoms with Crippen molar-refractivity contribution < 1.29 is 9.53 Å². The minimum atomic E-state index is -0.300. The lowest BCUT2D eigenvalue weighted by atomic mass is 10.1. The van der Waals surface area contributed by atoms with Crippen LogP contribution in [0.4, 0.5) is 4.79 Å². The molecule has 20 heavy (non-hydrogen) atoms. The maximum absolute atomic E-state index is 11.8. The molecular formula is C17H15NO2. The lowest BCUT2D eigenvalue weighted by Gasteiger charge is -2.17. The summed E-state index contributed by atoms with van der Waals surface area (Å²) in [6, 6.07) is 19.8. The van der Waals surface area contributed by atoms with Gasteiger partial charge in [-0.25, -0.2) is 4.79 Å². The van der Waals surface area contributed by atoms with E-state index in [2.05, 4.69) is 0 Å². The van der Waals surface area contributed by atoms with E-state index in [1.807, 2.05) is 66.7 Å². The molecule has 1 atom stereocenters. The summed E-state index contributed by atoms with van der Waals surface area (Å²) in [5.41, 5.74) is 2.13. The lowest BCUT2D eigenvalue weighted by Crippen LogP contribution is -2.21. The average molecular weight is 265 g/mol. The summed E-state index contributed by atoms with van der Waals surface area (Å²) >= 11 is 0. The first-order valence-electron chi connectivity index (χ1n) is 6.58. The number of ether oxygens (including phenoxy) is 1. The number of nitrogens with zero attached hydrogens (tertiary/aromatic N) is 1. The molecule has 0 N–H and O–H groups in total. The van der Waals surface area contributed by atoms with Crippen molar-refractivity contribution in [1.82, 2.24) is 4.90 Å². The molecule has 0 bridgehead atoms. The van der Waals surface area contributed by atoms with E-state index in [4.69, 9.17) is 4.74 Å². The number of benzene rings is 2. The van der Waals surface area contributed by atoms with Crippen LogP contribution in [0.1, 0.15) is 17.2 Å². The van der Waals surface area contributed by atoms with Crippen LogP contribution in [0.5, 0.6) is 0 Å². The largest absolute Gasteiger partial charge is 0.447 e. The van der Waals surface area contributed by atoms with Gasteiger partial charge in [-0.15, -0.1) is 0 Å². The van der Waals surface area contributed by atoms with Gasteiger partial charge in [-0.05, 0) is 17.2 Å². The third-order valence-corrected chi connectivity index (χ3v) is 3.32. The fourth-order valence-corrected chi connectivity index (χ4v) is 2.26. The van der Waals surface area contributed by atoms with E-state index in [1.54, 1.807) is 11.1 Å². The van der Waals surface area contributed by atoms with Gasteiger partial charge < -0.3 is 4.74 Å². The van der Waals surface area contributed by atoms with Crippen molar-refractivity contribution in [3.63, 3.8) is 0 Å². The molecule has 2 aromatic carbocycles. The van der Waals surface area contributed by atoms with Crippen LogP contribution in [0.15, 0.2) is 66.9 Å². The zero-order valence-electron chi connectivity index (χ0n) is 11.0. The monoisotopic (exact) mass is 265 g/mol. The Morgan fingerprint density at radius 2 is 1.65 bits per heavy atom. The van der Waals surface area contributed by atoms with Crippen LogP contribution in [0.3, 0.4) is 0 Å². The smallest absolute Gasteiger partial charge is 0.414 e. The van der Waals surface area contributed by atoms with E-state index in [0.29, 0.717) is 6.61 Å². The molecule has 3 heteroatoms. The number of cyclic esters (lactones) is 1. The third-order valence-electron chi connectivity index (χ3n) is 3.32. The first kappa shape index (κ1) is 12.5. The molecule has 1 saturated heterocycles. The molecule has 0 aliphatic carbocycles. The van der Waals surface area contributed by atoms with Crippen molar-refractivity contribution in [2.75, 3.05) is 6.61 Å². The summed E-state index contributed by atoms with van der Waals surface area (Å²) in [7, 11) is 0. The molecule has 0 radical (unpaired) electrons. The second-order valence-electron chi connectivity index (χ2n) is 4.64. The van der Waals surface area contributed by atoms with Crippen molar-refractivity contribution in [2.45, 2.75) is 6.04 Å². The van der Waals surface area contributed by atoms with Gasteiger partial charge in [0, 0.05) is 6.20 Å². The molecule has 3 nitrogen and oxygen atoms in total. The van der Waals surface area contributed by atoms with Gasteiger partial charge in [0.1, 0.15) is 6.61 Å². The number of hydrogen-bond acceptors (Lipinski definition) is 2. The van der Waals surface area contributed by atoms with Crippen LogP contribution >= 0.6 is 0 Å². The first-order valence-corrected chi connectivity index (χ1v) is 6.58. The second kappa shape index (κ2) is 5.61. The summed E-state index contributed by atoms with van der Waals surface area (Å²) in [5.74, 6) is 0. The van der Waals surface area contributed by atoms with Crippen LogP contribution in [-0.2, 0) is 4.74 Å². The van der Waals surface area contributed by atoms with E-state index >= 15 is 0 Å². The zero-order valence-corrected chi connectivity index (χ0v) is 11.0. The van der Waals surface area contributed by atoms with E-state index in [9.17, 15) is 4.79 Å². The van der Waals surface area contributed by atoms with Crippen molar-refractivity contribution in [1.29, 1.82) is 0 Å². The molecular weight excluding hydrogens is 250 g/mol. The van der Waals surface area contributed by atoms with Crippen molar-refractivity contribution in [2.24, 2.45) is 0 Å². The van der Waals surface area contributed by atoms with Gasteiger partial charge in [0.15, 0.2) is 0 Å².